The third-order valence-electron chi connectivity index (χ3n) is 4.16. The van der Waals surface area contributed by atoms with Gasteiger partial charge in [-0.15, -0.1) is 0 Å². The molecule has 0 bridgehead atoms. The molecule has 0 saturated heterocycles. The second kappa shape index (κ2) is 10.2. The second-order valence-corrected chi connectivity index (χ2v) is 6.23. The molecule has 1 aromatic heterocycles. The average molecular weight is 378 g/mol. The molecule has 0 saturated carbocycles. The van der Waals surface area contributed by atoms with Crippen molar-refractivity contribution in [3.05, 3.63) is 78.9 Å². The first-order valence-electron chi connectivity index (χ1n) is 9.46. The molecule has 6 nitrogen and oxygen atoms in total. The molecule has 3 rings (SSSR count). The summed E-state index contributed by atoms with van der Waals surface area (Å²) in [6.45, 7) is 4.03. The maximum Gasteiger partial charge on any atom is 0.169 e. The monoisotopic (exact) mass is 378 g/mol. The summed E-state index contributed by atoms with van der Waals surface area (Å²) in [4.78, 5) is 4.15. The molecular weight excluding hydrogens is 352 g/mol. The van der Waals surface area contributed by atoms with Gasteiger partial charge in [-0.25, -0.2) is 4.98 Å². The minimum Gasteiger partial charge on any atom is -0.493 e. The first-order chi connectivity index (χ1) is 13.8. The number of para-hydroxylation sites is 2. The average Bonchev–Trinajstić information content (AvgIpc) is 3.27. The minimum absolute atomic E-state index is 0.560. The van der Waals surface area contributed by atoms with E-state index in [9.17, 15) is 0 Å². The Balaban J connectivity index is 1.66. The highest BCUT2D eigenvalue weighted by Gasteiger charge is 2.13. The van der Waals surface area contributed by atoms with E-state index in [-0.39, 0.29) is 0 Å². The number of ether oxygens (including phenoxy) is 2. The van der Waals surface area contributed by atoms with Crippen LogP contribution in [0.5, 0.6) is 11.5 Å². The number of imidazole rings is 1. The van der Waals surface area contributed by atoms with Crippen molar-refractivity contribution < 1.29 is 9.47 Å². The smallest absolute Gasteiger partial charge is 0.169 e. The molecule has 0 N–H and O–H groups in total. The third kappa shape index (κ3) is 5.36. The van der Waals surface area contributed by atoms with Crippen molar-refractivity contribution in [1.29, 1.82) is 0 Å². The van der Waals surface area contributed by atoms with Crippen LogP contribution >= 0.6 is 0 Å². The first kappa shape index (κ1) is 19.5. The summed E-state index contributed by atoms with van der Waals surface area (Å²) in [5.41, 5.74) is 0.921. The Kier molecular flexibility index (Phi) is 7.07. The summed E-state index contributed by atoms with van der Waals surface area (Å²) in [5.74, 6) is 2.44. The third-order valence-corrected chi connectivity index (χ3v) is 4.16. The van der Waals surface area contributed by atoms with E-state index in [1.807, 2.05) is 77.4 Å². The van der Waals surface area contributed by atoms with Crippen LogP contribution < -0.4 is 9.47 Å². The van der Waals surface area contributed by atoms with Crippen molar-refractivity contribution >= 4 is 5.84 Å². The van der Waals surface area contributed by atoms with Gasteiger partial charge in [0.15, 0.2) is 5.84 Å². The van der Waals surface area contributed by atoms with Crippen LogP contribution in [-0.2, 0) is 0 Å². The molecule has 0 aliphatic carbocycles. The van der Waals surface area contributed by atoms with Crippen molar-refractivity contribution in [3.8, 4) is 11.5 Å². The van der Waals surface area contributed by atoms with Gasteiger partial charge in [-0.1, -0.05) is 30.3 Å². The Morgan fingerprint density at radius 2 is 1.79 bits per heavy atom. The fourth-order valence-corrected chi connectivity index (χ4v) is 2.59. The van der Waals surface area contributed by atoms with Crippen molar-refractivity contribution in [3.63, 3.8) is 0 Å². The fourth-order valence-electron chi connectivity index (χ4n) is 2.59. The molecular formula is C22H26N4O2. The number of aromatic nitrogens is 2. The SMILES string of the molecule is CCN(C)/N=C(/c1ccccc1OCCCOc1ccccc1)n1ccnc1. The lowest BCUT2D eigenvalue weighted by molar-refractivity contribution is 0.247. The highest BCUT2D eigenvalue weighted by atomic mass is 16.5. The second-order valence-electron chi connectivity index (χ2n) is 6.23. The van der Waals surface area contributed by atoms with Gasteiger partial charge in [-0.3, -0.25) is 9.58 Å². The topological polar surface area (TPSA) is 51.9 Å². The Hall–Kier alpha value is -3.28. The molecule has 6 heteroatoms. The molecule has 0 amide bonds. The molecule has 3 aromatic rings. The zero-order chi connectivity index (χ0) is 19.6. The zero-order valence-electron chi connectivity index (χ0n) is 16.4. The largest absolute Gasteiger partial charge is 0.493 e. The molecule has 0 fully saturated rings. The normalized spacial score (nSPS) is 11.3. The van der Waals surface area contributed by atoms with E-state index < -0.39 is 0 Å². The number of hydrazone groups is 1. The van der Waals surface area contributed by atoms with Gasteiger partial charge in [0.1, 0.15) is 17.8 Å². The molecule has 0 aliphatic heterocycles. The van der Waals surface area contributed by atoms with Gasteiger partial charge in [0.2, 0.25) is 0 Å². The van der Waals surface area contributed by atoms with E-state index in [1.165, 1.54) is 0 Å². The van der Waals surface area contributed by atoms with Crippen LogP contribution in [0.2, 0.25) is 0 Å². The molecule has 28 heavy (non-hydrogen) atoms. The number of rotatable bonds is 9. The van der Waals surface area contributed by atoms with Gasteiger partial charge in [-0.2, -0.15) is 5.10 Å². The maximum absolute atomic E-state index is 6.06. The molecule has 0 aliphatic rings. The quantitative estimate of drug-likeness (QED) is 0.245. The van der Waals surface area contributed by atoms with Crippen molar-refractivity contribution in [2.45, 2.75) is 13.3 Å². The van der Waals surface area contributed by atoms with Crippen molar-refractivity contribution in [2.75, 3.05) is 26.8 Å². The number of hydrogen-bond acceptors (Lipinski definition) is 5. The molecule has 2 aromatic carbocycles. The Labute approximate surface area is 166 Å². The summed E-state index contributed by atoms with van der Waals surface area (Å²) in [5, 5.41) is 6.61. The number of benzene rings is 2. The number of nitrogens with zero attached hydrogens (tertiary/aromatic N) is 4. The van der Waals surface area contributed by atoms with E-state index >= 15 is 0 Å². The molecule has 146 valence electrons. The highest BCUT2D eigenvalue weighted by molar-refractivity contribution is 6.02. The Morgan fingerprint density at radius 3 is 2.54 bits per heavy atom. The van der Waals surface area contributed by atoms with E-state index in [1.54, 1.807) is 12.5 Å². The minimum atomic E-state index is 0.560. The van der Waals surface area contributed by atoms with E-state index in [0.717, 1.165) is 35.9 Å². The summed E-state index contributed by atoms with van der Waals surface area (Å²) in [6.07, 6.45) is 6.15. The first-order valence-corrected chi connectivity index (χ1v) is 9.46. The van der Waals surface area contributed by atoms with Gasteiger partial charge >= 0.3 is 0 Å². The molecule has 1 heterocycles. The van der Waals surface area contributed by atoms with Crippen LogP contribution in [0.3, 0.4) is 0 Å². The lowest BCUT2D eigenvalue weighted by Gasteiger charge is -2.17. The van der Waals surface area contributed by atoms with Gasteiger partial charge in [0.05, 0.1) is 18.8 Å². The van der Waals surface area contributed by atoms with Crippen molar-refractivity contribution in [1.82, 2.24) is 14.6 Å². The summed E-state index contributed by atoms with van der Waals surface area (Å²) >= 11 is 0. The summed E-state index contributed by atoms with van der Waals surface area (Å²) in [7, 11) is 1.95. The lowest BCUT2D eigenvalue weighted by atomic mass is 10.2. The molecule has 0 spiro atoms. The predicted octanol–water partition coefficient (Wildman–Crippen LogP) is 3.89. The van der Waals surface area contributed by atoms with Crippen LogP contribution in [0.15, 0.2) is 78.4 Å². The van der Waals surface area contributed by atoms with Crippen LogP contribution in [0.4, 0.5) is 0 Å². The molecule has 0 radical (unpaired) electrons. The Bertz CT molecular complexity index is 863. The molecule has 0 unspecified atom stereocenters. The van der Waals surface area contributed by atoms with E-state index in [0.29, 0.717) is 13.2 Å². The Morgan fingerprint density at radius 1 is 1.04 bits per heavy atom. The zero-order valence-corrected chi connectivity index (χ0v) is 16.4. The lowest BCUT2D eigenvalue weighted by Crippen LogP contribution is -2.20. The van der Waals surface area contributed by atoms with Crippen LogP contribution in [0.1, 0.15) is 18.9 Å². The van der Waals surface area contributed by atoms with E-state index in [4.69, 9.17) is 14.6 Å². The van der Waals surface area contributed by atoms with Gasteiger partial charge < -0.3 is 9.47 Å². The predicted molar refractivity (Wildman–Crippen MR) is 111 cm³/mol. The van der Waals surface area contributed by atoms with Gasteiger partial charge in [0, 0.05) is 32.4 Å². The van der Waals surface area contributed by atoms with E-state index in [2.05, 4.69) is 11.9 Å². The molecule has 0 atom stereocenters. The fraction of sp³-hybridized carbons (Fsp3) is 0.273. The van der Waals surface area contributed by atoms with Crippen LogP contribution in [-0.4, -0.2) is 47.2 Å². The summed E-state index contributed by atoms with van der Waals surface area (Å²) in [6, 6.07) is 17.7. The van der Waals surface area contributed by atoms with Gasteiger partial charge in [-0.05, 0) is 31.2 Å². The highest BCUT2D eigenvalue weighted by Crippen LogP contribution is 2.20. The maximum atomic E-state index is 6.06. The number of hydrogen-bond donors (Lipinski definition) is 0. The van der Waals surface area contributed by atoms with Crippen molar-refractivity contribution in [2.24, 2.45) is 5.10 Å². The van der Waals surface area contributed by atoms with Gasteiger partial charge in [0.25, 0.3) is 0 Å². The van der Waals surface area contributed by atoms with Crippen LogP contribution in [0, 0.1) is 0 Å². The standard InChI is InChI=1S/C22H26N4O2/c1-3-25(2)24-22(26-15-14-23-18-26)20-12-7-8-13-21(20)28-17-9-16-27-19-10-5-4-6-11-19/h4-8,10-15,18H,3,9,16-17H2,1-2H3/b24-22-. The van der Waals surface area contributed by atoms with Crippen LogP contribution in [0.25, 0.3) is 0 Å². The summed E-state index contributed by atoms with van der Waals surface area (Å²) < 4.78 is 13.7.